The lowest BCUT2D eigenvalue weighted by Crippen LogP contribution is -2.53. The number of carbonyl (C=O) groups excluding carboxylic acids is 1. The number of hydrogen-bond acceptors (Lipinski definition) is 6. The van der Waals surface area contributed by atoms with Crippen molar-refractivity contribution < 1.29 is 4.79 Å². The lowest BCUT2D eigenvalue weighted by molar-refractivity contribution is -0.136. The quantitative estimate of drug-likeness (QED) is 0.579. The minimum atomic E-state index is -0.131. The van der Waals surface area contributed by atoms with E-state index in [4.69, 9.17) is 0 Å². The molecule has 8 nitrogen and oxygen atoms in total. The third kappa shape index (κ3) is 4.37. The molecule has 0 aliphatic carbocycles. The van der Waals surface area contributed by atoms with E-state index in [9.17, 15) is 9.59 Å². The van der Waals surface area contributed by atoms with Crippen molar-refractivity contribution in [1.82, 2.24) is 19.4 Å². The summed E-state index contributed by atoms with van der Waals surface area (Å²) in [7, 11) is 0. The van der Waals surface area contributed by atoms with E-state index in [-0.39, 0.29) is 17.4 Å². The number of anilines is 2. The van der Waals surface area contributed by atoms with Crippen molar-refractivity contribution in [2.75, 3.05) is 49.1 Å². The van der Waals surface area contributed by atoms with E-state index in [1.807, 2.05) is 28.9 Å². The van der Waals surface area contributed by atoms with E-state index in [2.05, 4.69) is 46.9 Å². The van der Waals surface area contributed by atoms with Crippen molar-refractivity contribution in [2.24, 2.45) is 5.92 Å². The molecule has 0 saturated carbocycles. The van der Waals surface area contributed by atoms with E-state index >= 15 is 0 Å². The van der Waals surface area contributed by atoms with Gasteiger partial charge < -0.3 is 14.7 Å². The van der Waals surface area contributed by atoms with Crippen molar-refractivity contribution >= 4 is 28.6 Å². The predicted molar refractivity (Wildman–Crippen MR) is 139 cm³/mol. The van der Waals surface area contributed by atoms with Crippen LogP contribution >= 0.6 is 0 Å². The summed E-state index contributed by atoms with van der Waals surface area (Å²) in [5.41, 5.74) is 5.06. The molecule has 1 aromatic carbocycles. The standard InChI is InChI=1S/C27H34N6O2/c1-4-33-24-22(10-6-12-28-24)29-25(27(33)35)32-13-7-9-21(18-32)26(34)31-16-14-30(15-17-31)23-11-5-8-19(2)20(23)3/h5-6,8,10-12,21H,4,7,9,13-18H2,1-3H3. The number of piperazine rings is 1. The van der Waals surface area contributed by atoms with Crippen molar-refractivity contribution in [2.45, 2.75) is 40.2 Å². The molecule has 0 spiro atoms. The Balaban J connectivity index is 1.29. The Hall–Kier alpha value is -3.42. The van der Waals surface area contributed by atoms with Gasteiger partial charge in [0.25, 0.3) is 5.56 Å². The van der Waals surface area contributed by atoms with Gasteiger partial charge in [0.2, 0.25) is 5.91 Å². The van der Waals surface area contributed by atoms with Gasteiger partial charge in [-0.25, -0.2) is 9.97 Å². The highest BCUT2D eigenvalue weighted by Crippen LogP contribution is 2.26. The van der Waals surface area contributed by atoms with Crippen LogP contribution in [0.25, 0.3) is 11.2 Å². The summed E-state index contributed by atoms with van der Waals surface area (Å²) in [6.45, 7) is 11.2. The summed E-state index contributed by atoms with van der Waals surface area (Å²) in [6, 6.07) is 10.1. The number of aromatic nitrogens is 3. The van der Waals surface area contributed by atoms with Crippen LogP contribution in [0.3, 0.4) is 0 Å². The second-order valence-corrected chi connectivity index (χ2v) is 9.65. The summed E-state index contributed by atoms with van der Waals surface area (Å²) < 4.78 is 1.68. The van der Waals surface area contributed by atoms with Crippen LogP contribution in [0.15, 0.2) is 41.3 Å². The first-order chi connectivity index (χ1) is 17.0. The number of aryl methyl sites for hydroxylation is 2. The Bertz CT molecular complexity index is 1290. The third-order valence-electron chi connectivity index (χ3n) is 7.58. The molecule has 0 bridgehead atoms. The van der Waals surface area contributed by atoms with Gasteiger partial charge in [0.1, 0.15) is 5.52 Å². The molecular weight excluding hydrogens is 440 g/mol. The van der Waals surface area contributed by atoms with Crippen LogP contribution < -0.4 is 15.4 Å². The summed E-state index contributed by atoms with van der Waals surface area (Å²) in [5.74, 6) is 0.523. The Labute approximate surface area is 206 Å². The first-order valence-corrected chi connectivity index (χ1v) is 12.7. The number of rotatable bonds is 4. The number of hydrogen-bond donors (Lipinski definition) is 0. The number of nitrogens with zero attached hydrogens (tertiary/aromatic N) is 6. The lowest BCUT2D eigenvalue weighted by Gasteiger charge is -2.40. The third-order valence-corrected chi connectivity index (χ3v) is 7.58. The molecule has 2 aromatic heterocycles. The number of carbonyl (C=O) groups is 1. The number of amides is 1. The first-order valence-electron chi connectivity index (χ1n) is 12.7. The van der Waals surface area contributed by atoms with Crippen molar-refractivity contribution in [3.05, 3.63) is 58.0 Å². The van der Waals surface area contributed by atoms with Gasteiger partial charge in [-0.05, 0) is 62.9 Å². The maximum absolute atomic E-state index is 13.5. The largest absolute Gasteiger partial charge is 0.368 e. The number of fused-ring (bicyclic) bond motifs is 1. The molecule has 1 unspecified atom stereocenters. The van der Waals surface area contributed by atoms with Gasteiger partial charge in [0.05, 0.1) is 5.92 Å². The van der Waals surface area contributed by atoms with E-state index < -0.39 is 0 Å². The van der Waals surface area contributed by atoms with Gasteiger partial charge >= 0.3 is 0 Å². The fourth-order valence-electron chi connectivity index (χ4n) is 5.44. The van der Waals surface area contributed by atoms with Crippen LogP contribution in [0.4, 0.5) is 11.5 Å². The van der Waals surface area contributed by atoms with Gasteiger partial charge in [-0.15, -0.1) is 0 Å². The Morgan fingerprint density at radius 2 is 1.83 bits per heavy atom. The van der Waals surface area contributed by atoms with Crippen molar-refractivity contribution in [1.29, 1.82) is 0 Å². The zero-order chi connectivity index (χ0) is 24.5. The monoisotopic (exact) mass is 474 g/mol. The van der Waals surface area contributed by atoms with E-state index in [0.717, 1.165) is 45.6 Å². The molecule has 3 aromatic rings. The molecule has 2 aliphatic rings. The zero-order valence-electron chi connectivity index (χ0n) is 20.9. The average molecular weight is 475 g/mol. The molecule has 1 amide bonds. The minimum Gasteiger partial charge on any atom is -0.368 e. The summed E-state index contributed by atoms with van der Waals surface area (Å²) in [6.07, 6.45) is 3.41. The van der Waals surface area contributed by atoms with E-state index in [1.54, 1.807) is 10.8 Å². The number of benzene rings is 1. The summed E-state index contributed by atoms with van der Waals surface area (Å²) >= 11 is 0. The van der Waals surface area contributed by atoms with Gasteiger partial charge in [-0.3, -0.25) is 14.2 Å². The smallest absolute Gasteiger partial charge is 0.295 e. The zero-order valence-corrected chi connectivity index (χ0v) is 20.9. The van der Waals surface area contributed by atoms with Gasteiger partial charge in [0, 0.05) is 57.7 Å². The SMILES string of the molecule is CCn1c(=O)c(N2CCCC(C(=O)N3CCN(c4cccc(C)c4C)CC3)C2)nc2cccnc21. The molecule has 5 rings (SSSR count). The predicted octanol–water partition coefficient (Wildman–Crippen LogP) is 2.99. The number of piperidine rings is 1. The second kappa shape index (κ2) is 9.68. The molecule has 1 atom stereocenters. The van der Waals surface area contributed by atoms with Gasteiger partial charge in [-0.2, -0.15) is 0 Å². The van der Waals surface area contributed by atoms with E-state index in [1.165, 1.54) is 16.8 Å². The van der Waals surface area contributed by atoms with Crippen LogP contribution in [0.1, 0.15) is 30.9 Å². The molecule has 0 radical (unpaired) electrons. The highest BCUT2D eigenvalue weighted by molar-refractivity contribution is 5.80. The van der Waals surface area contributed by atoms with Gasteiger partial charge in [0.15, 0.2) is 11.5 Å². The van der Waals surface area contributed by atoms with Crippen LogP contribution in [0.5, 0.6) is 0 Å². The van der Waals surface area contributed by atoms with Crippen LogP contribution in [0, 0.1) is 19.8 Å². The fraction of sp³-hybridized carbons (Fsp3) is 0.481. The van der Waals surface area contributed by atoms with Crippen LogP contribution in [-0.4, -0.2) is 64.6 Å². The fourth-order valence-corrected chi connectivity index (χ4v) is 5.44. The normalized spacial score (nSPS) is 18.8. The Morgan fingerprint density at radius 3 is 2.60 bits per heavy atom. The minimum absolute atomic E-state index is 0.114. The average Bonchev–Trinajstić information content (AvgIpc) is 2.90. The highest BCUT2D eigenvalue weighted by atomic mass is 16.2. The Kier molecular flexibility index (Phi) is 6.45. The first kappa shape index (κ1) is 23.3. The summed E-state index contributed by atoms with van der Waals surface area (Å²) in [5, 5.41) is 0. The summed E-state index contributed by atoms with van der Waals surface area (Å²) in [4.78, 5) is 42.2. The molecule has 35 heavy (non-hydrogen) atoms. The molecular formula is C27H34N6O2. The van der Waals surface area contributed by atoms with Crippen molar-refractivity contribution in [3.63, 3.8) is 0 Å². The maximum Gasteiger partial charge on any atom is 0.295 e. The molecule has 4 heterocycles. The maximum atomic E-state index is 13.5. The topological polar surface area (TPSA) is 74.6 Å². The lowest BCUT2D eigenvalue weighted by atomic mass is 9.96. The molecule has 2 saturated heterocycles. The highest BCUT2D eigenvalue weighted by Gasteiger charge is 2.33. The van der Waals surface area contributed by atoms with E-state index in [0.29, 0.717) is 30.1 Å². The molecule has 0 N–H and O–H groups in total. The van der Waals surface area contributed by atoms with Gasteiger partial charge in [-0.1, -0.05) is 12.1 Å². The van der Waals surface area contributed by atoms with Crippen LogP contribution in [-0.2, 0) is 11.3 Å². The molecule has 2 fully saturated rings. The second-order valence-electron chi connectivity index (χ2n) is 9.65. The molecule has 8 heteroatoms. The number of pyridine rings is 1. The molecule has 184 valence electrons. The van der Waals surface area contributed by atoms with Crippen LogP contribution in [0.2, 0.25) is 0 Å². The Morgan fingerprint density at radius 1 is 1.03 bits per heavy atom. The molecule has 2 aliphatic heterocycles. The van der Waals surface area contributed by atoms with Crippen molar-refractivity contribution in [3.8, 4) is 0 Å².